The molecule has 0 atom stereocenters. The third-order valence-corrected chi connectivity index (χ3v) is 1.59. The van der Waals surface area contributed by atoms with E-state index in [9.17, 15) is 0 Å². The molecular weight excluding hydrogens is 170 g/mol. The van der Waals surface area contributed by atoms with Gasteiger partial charge in [0.1, 0.15) is 6.26 Å². The molecule has 2 aromatic rings. The topological polar surface area (TPSA) is 65.0 Å². The van der Waals surface area contributed by atoms with Crippen molar-refractivity contribution >= 4 is 0 Å². The fraction of sp³-hybridized carbons (Fsp3) is 0.375. The first-order chi connectivity index (χ1) is 6.40. The molecule has 2 heterocycles. The summed E-state index contributed by atoms with van der Waals surface area (Å²) in [6.45, 7) is 2.06. The second-order valence-corrected chi connectivity index (χ2v) is 2.64. The van der Waals surface area contributed by atoms with Crippen LogP contribution in [0.1, 0.15) is 19.2 Å². The van der Waals surface area contributed by atoms with Crippen LogP contribution >= 0.6 is 0 Å². The van der Waals surface area contributed by atoms with E-state index >= 15 is 0 Å². The van der Waals surface area contributed by atoms with Gasteiger partial charge in [-0.2, -0.15) is 0 Å². The van der Waals surface area contributed by atoms with Crippen LogP contribution in [-0.4, -0.2) is 15.4 Å². The zero-order chi connectivity index (χ0) is 9.10. The molecule has 2 rings (SSSR count). The highest BCUT2D eigenvalue weighted by atomic mass is 16.5. The minimum absolute atomic E-state index is 0.414. The maximum absolute atomic E-state index is 5.32. The number of rotatable bonds is 3. The first kappa shape index (κ1) is 7.97. The molecule has 0 spiro atoms. The monoisotopic (exact) mass is 179 g/mol. The number of aryl methyl sites for hydroxylation is 1. The molecule has 2 aromatic heterocycles. The molecule has 0 saturated carbocycles. The number of nitrogens with zero attached hydrogens (tertiary/aromatic N) is 3. The van der Waals surface area contributed by atoms with Gasteiger partial charge in [0.25, 0.3) is 5.89 Å². The van der Waals surface area contributed by atoms with Crippen LogP contribution in [0.15, 0.2) is 21.3 Å². The zero-order valence-corrected chi connectivity index (χ0v) is 7.23. The molecule has 0 N–H and O–H groups in total. The Morgan fingerprint density at radius 3 is 3.00 bits per heavy atom. The Kier molecular flexibility index (Phi) is 2.08. The van der Waals surface area contributed by atoms with Crippen molar-refractivity contribution in [3.63, 3.8) is 0 Å². The Hall–Kier alpha value is -1.65. The van der Waals surface area contributed by atoms with Crippen molar-refractivity contribution in [1.82, 2.24) is 15.4 Å². The summed E-state index contributed by atoms with van der Waals surface area (Å²) in [6, 6.07) is 1.68. The lowest BCUT2D eigenvalue weighted by molar-refractivity contribution is 0.417. The predicted octanol–water partition coefficient (Wildman–Crippen LogP) is 1.68. The van der Waals surface area contributed by atoms with Crippen molar-refractivity contribution in [2.75, 3.05) is 0 Å². The molecule has 5 nitrogen and oxygen atoms in total. The average molecular weight is 179 g/mol. The summed E-state index contributed by atoms with van der Waals surface area (Å²) in [5, 5.41) is 11.4. The van der Waals surface area contributed by atoms with Crippen molar-refractivity contribution in [2.24, 2.45) is 0 Å². The van der Waals surface area contributed by atoms with E-state index < -0.39 is 0 Å². The highest BCUT2D eigenvalue weighted by molar-refractivity contribution is 5.43. The first-order valence-corrected chi connectivity index (χ1v) is 4.13. The normalized spacial score (nSPS) is 10.5. The maximum atomic E-state index is 5.32. The molecule has 0 radical (unpaired) electrons. The van der Waals surface area contributed by atoms with E-state index in [2.05, 4.69) is 26.8 Å². The molecule has 0 bridgehead atoms. The van der Waals surface area contributed by atoms with E-state index in [1.165, 1.54) is 6.26 Å². The Bertz CT molecular complexity index is 366. The summed E-state index contributed by atoms with van der Waals surface area (Å²) >= 11 is 0. The predicted molar refractivity (Wildman–Crippen MR) is 43.8 cm³/mol. The smallest absolute Gasteiger partial charge is 0.269 e. The number of hydrogen-bond acceptors (Lipinski definition) is 5. The zero-order valence-electron chi connectivity index (χ0n) is 7.23. The van der Waals surface area contributed by atoms with Gasteiger partial charge in [0.05, 0.1) is 0 Å². The van der Waals surface area contributed by atoms with Crippen LogP contribution in [0.5, 0.6) is 0 Å². The van der Waals surface area contributed by atoms with Gasteiger partial charge in [-0.15, -0.1) is 10.2 Å². The second-order valence-electron chi connectivity index (χ2n) is 2.64. The van der Waals surface area contributed by atoms with E-state index in [4.69, 9.17) is 4.42 Å². The summed E-state index contributed by atoms with van der Waals surface area (Å²) in [5.41, 5.74) is 0.579. The SMILES string of the molecule is CCCc1nnc(-c2ccon2)o1. The lowest BCUT2D eigenvalue weighted by atomic mass is 10.3. The molecule has 0 saturated heterocycles. The largest absolute Gasteiger partial charge is 0.419 e. The third kappa shape index (κ3) is 1.58. The Labute approximate surface area is 74.8 Å². The summed E-state index contributed by atoms with van der Waals surface area (Å²) in [4.78, 5) is 0. The van der Waals surface area contributed by atoms with Gasteiger partial charge in [-0.1, -0.05) is 12.1 Å². The fourth-order valence-electron chi connectivity index (χ4n) is 0.995. The minimum atomic E-state index is 0.414. The van der Waals surface area contributed by atoms with E-state index in [-0.39, 0.29) is 0 Å². The minimum Gasteiger partial charge on any atom is -0.419 e. The highest BCUT2D eigenvalue weighted by Crippen LogP contribution is 2.15. The quantitative estimate of drug-likeness (QED) is 0.717. The van der Waals surface area contributed by atoms with Crippen LogP contribution in [0.3, 0.4) is 0 Å². The van der Waals surface area contributed by atoms with Gasteiger partial charge in [-0.05, 0) is 6.42 Å². The van der Waals surface area contributed by atoms with Crippen LogP contribution in [0.2, 0.25) is 0 Å². The summed E-state index contributed by atoms with van der Waals surface area (Å²) in [6.07, 6.45) is 3.25. The molecule has 0 fully saturated rings. The Morgan fingerprint density at radius 2 is 2.31 bits per heavy atom. The molecule has 0 aromatic carbocycles. The molecule has 0 aliphatic heterocycles. The fourth-order valence-corrected chi connectivity index (χ4v) is 0.995. The van der Waals surface area contributed by atoms with Gasteiger partial charge in [0, 0.05) is 12.5 Å². The van der Waals surface area contributed by atoms with E-state index in [0.717, 1.165) is 12.8 Å². The van der Waals surface area contributed by atoms with Crippen molar-refractivity contribution in [3.05, 3.63) is 18.2 Å². The van der Waals surface area contributed by atoms with Crippen molar-refractivity contribution in [2.45, 2.75) is 19.8 Å². The van der Waals surface area contributed by atoms with Gasteiger partial charge in [0.2, 0.25) is 5.89 Å². The van der Waals surface area contributed by atoms with E-state index in [1.807, 2.05) is 0 Å². The van der Waals surface area contributed by atoms with Gasteiger partial charge >= 0.3 is 0 Å². The average Bonchev–Trinajstić information content (AvgIpc) is 2.70. The van der Waals surface area contributed by atoms with Crippen molar-refractivity contribution in [1.29, 1.82) is 0 Å². The molecule has 68 valence electrons. The Morgan fingerprint density at radius 1 is 1.38 bits per heavy atom. The lowest BCUT2D eigenvalue weighted by Gasteiger charge is -1.85. The molecule has 0 unspecified atom stereocenters. The molecule has 13 heavy (non-hydrogen) atoms. The standard InChI is InChI=1S/C8H9N3O2/c1-2-3-7-9-10-8(13-7)6-4-5-12-11-6/h4-5H,2-3H2,1H3. The highest BCUT2D eigenvalue weighted by Gasteiger charge is 2.09. The second kappa shape index (κ2) is 3.38. The van der Waals surface area contributed by atoms with Crippen LogP contribution < -0.4 is 0 Å². The maximum Gasteiger partial charge on any atom is 0.269 e. The molecular formula is C8H9N3O2. The Balaban J connectivity index is 2.23. The van der Waals surface area contributed by atoms with Gasteiger partial charge in [-0.3, -0.25) is 0 Å². The summed E-state index contributed by atoms with van der Waals surface area (Å²) < 4.78 is 9.98. The van der Waals surface area contributed by atoms with Crippen LogP contribution in [0.4, 0.5) is 0 Å². The van der Waals surface area contributed by atoms with Crippen LogP contribution in [0, 0.1) is 0 Å². The van der Waals surface area contributed by atoms with Crippen LogP contribution in [-0.2, 0) is 6.42 Å². The molecule has 5 heteroatoms. The number of hydrogen-bond donors (Lipinski definition) is 0. The van der Waals surface area contributed by atoms with Gasteiger partial charge < -0.3 is 8.94 Å². The van der Waals surface area contributed by atoms with Crippen molar-refractivity contribution in [3.8, 4) is 11.6 Å². The van der Waals surface area contributed by atoms with E-state index in [1.54, 1.807) is 6.07 Å². The molecule has 0 amide bonds. The number of aromatic nitrogens is 3. The summed E-state index contributed by atoms with van der Waals surface area (Å²) in [5.74, 6) is 1.05. The summed E-state index contributed by atoms with van der Waals surface area (Å²) in [7, 11) is 0. The van der Waals surface area contributed by atoms with Gasteiger partial charge in [0.15, 0.2) is 5.69 Å². The molecule has 0 aliphatic rings. The third-order valence-electron chi connectivity index (χ3n) is 1.59. The first-order valence-electron chi connectivity index (χ1n) is 4.13. The van der Waals surface area contributed by atoms with Crippen molar-refractivity contribution < 1.29 is 8.94 Å². The van der Waals surface area contributed by atoms with E-state index in [0.29, 0.717) is 17.5 Å². The molecule has 0 aliphatic carbocycles. The lowest BCUT2D eigenvalue weighted by Crippen LogP contribution is -1.80. The van der Waals surface area contributed by atoms with Gasteiger partial charge in [-0.25, -0.2) is 0 Å². The van der Waals surface area contributed by atoms with Crippen LogP contribution in [0.25, 0.3) is 11.6 Å².